The molecule has 1 heterocycles. The SMILES string of the molecule is COc1ccccc1CCNc1nccc(C(=O)O)c1N. The highest BCUT2D eigenvalue weighted by Gasteiger charge is 2.12. The molecule has 1 aromatic heterocycles. The zero-order valence-corrected chi connectivity index (χ0v) is 11.7. The highest BCUT2D eigenvalue weighted by Crippen LogP contribution is 2.21. The first kappa shape index (κ1) is 14.6. The number of nitrogen functional groups attached to an aromatic ring is 1. The molecule has 21 heavy (non-hydrogen) atoms. The zero-order valence-electron chi connectivity index (χ0n) is 11.7. The van der Waals surface area contributed by atoms with Crippen molar-refractivity contribution in [1.29, 1.82) is 0 Å². The van der Waals surface area contributed by atoms with Gasteiger partial charge in [0.25, 0.3) is 0 Å². The number of hydrogen-bond acceptors (Lipinski definition) is 5. The number of para-hydroxylation sites is 1. The molecule has 0 unspecified atom stereocenters. The van der Waals surface area contributed by atoms with Crippen LogP contribution in [-0.4, -0.2) is 29.7 Å². The fourth-order valence-corrected chi connectivity index (χ4v) is 2.03. The van der Waals surface area contributed by atoms with Gasteiger partial charge in [-0.15, -0.1) is 0 Å². The number of nitrogens with one attached hydrogen (secondary N) is 1. The molecule has 4 N–H and O–H groups in total. The third-order valence-corrected chi connectivity index (χ3v) is 3.10. The standard InChI is InChI=1S/C15H17N3O3/c1-21-12-5-3-2-4-10(12)6-8-17-14-13(16)11(15(19)20)7-9-18-14/h2-5,7,9H,6,8,16H2,1H3,(H,17,18)(H,19,20). The molecule has 2 aromatic rings. The predicted octanol–water partition coefficient (Wildman–Crippen LogP) is 2.03. The summed E-state index contributed by atoms with van der Waals surface area (Å²) in [5.41, 5.74) is 7.03. The van der Waals surface area contributed by atoms with Crippen LogP contribution in [0.3, 0.4) is 0 Å². The normalized spacial score (nSPS) is 10.1. The molecule has 0 aliphatic carbocycles. The van der Waals surface area contributed by atoms with Crippen LogP contribution >= 0.6 is 0 Å². The number of aromatic carboxylic acids is 1. The number of carboxylic acids is 1. The first-order valence-electron chi connectivity index (χ1n) is 6.47. The van der Waals surface area contributed by atoms with Gasteiger partial charge in [0.1, 0.15) is 11.6 Å². The van der Waals surface area contributed by atoms with Crippen molar-refractivity contribution in [2.24, 2.45) is 0 Å². The van der Waals surface area contributed by atoms with Gasteiger partial charge in [0.2, 0.25) is 0 Å². The Labute approximate surface area is 122 Å². The molecule has 6 nitrogen and oxygen atoms in total. The largest absolute Gasteiger partial charge is 0.496 e. The summed E-state index contributed by atoms with van der Waals surface area (Å²) in [6, 6.07) is 9.10. The molecule has 0 amide bonds. The van der Waals surface area contributed by atoms with E-state index in [-0.39, 0.29) is 11.3 Å². The van der Waals surface area contributed by atoms with Crippen LogP contribution in [0.2, 0.25) is 0 Å². The highest BCUT2D eigenvalue weighted by atomic mass is 16.5. The fourth-order valence-electron chi connectivity index (χ4n) is 2.03. The van der Waals surface area contributed by atoms with Crippen LogP contribution in [0, 0.1) is 0 Å². The van der Waals surface area contributed by atoms with Crippen LogP contribution in [0.25, 0.3) is 0 Å². The summed E-state index contributed by atoms with van der Waals surface area (Å²) >= 11 is 0. The summed E-state index contributed by atoms with van der Waals surface area (Å²) < 4.78 is 5.28. The summed E-state index contributed by atoms with van der Waals surface area (Å²) in [5.74, 6) is 0.131. The molecule has 0 fully saturated rings. The number of nitrogens with zero attached hydrogens (tertiary/aromatic N) is 1. The number of ether oxygens (including phenoxy) is 1. The topological polar surface area (TPSA) is 97.5 Å². The molecule has 0 saturated carbocycles. The quantitative estimate of drug-likeness (QED) is 0.752. The fraction of sp³-hybridized carbons (Fsp3) is 0.200. The van der Waals surface area contributed by atoms with Crippen molar-refractivity contribution in [3.05, 3.63) is 47.7 Å². The van der Waals surface area contributed by atoms with Crippen molar-refractivity contribution in [2.45, 2.75) is 6.42 Å². The number of carbonyl (C=O) groups is 1. The van der Waals surface area contributed by atoms with Gasteiger partial charge in [0, 0.05) is 12.7 Å². The molecular formula is C15H17N3O3. The third kappa shape index (κ3) is 3.42. The minimum Gasteiger partial charge on any atom is -0.496 e. The molecule has 0 aliphatic rings. The molecule has 110 valence electrons. The molecule has 2 rings (SSSR count). The number of hydrogen-bond donors (Lipinski definition) is 3. The number of rotatable bonds is 6. The molecule has 6 heteroatoms. The second kappa shape index (κ2) is 6.60. The van der Waals surface area contributed by atoms with E-state index in [1.54, 1.807) is 7.11 Å². The second-order valence-corrected chi connectivity index (χ2v) is 4.41. The summed E-state index contributed by atoms with van der Waals surface area (Å²) in [6.07, 6.45) is 2.13. The van der Waals surface area contributed by atoms with Gasteiger partial charge < -0.3 is 20.9 Å². The summed E-state index contributed by atoms with van der Waals surface area (Å²) in [4.78, 5) is 15.1. The third-order valence-electron chi connectivity index (χ3n) is 3.10. The highest BCUT2D eigenvalue weighted by molar-refractivity contribution is 5.96. The average molecular weight is 287 g/mol. The molecule has 1 aromatic carbocycles. The smallest absolute Gasteiger partial charge is 0.337 e. The Bertz CT molecular complexity index is 644. The molecule has 0 bridgehead atoms. The van der Waals surface area contributed by atoms with Gasteiger partial charge in [-0.25, -0.2) is 9.78 Å². The minimum absolute atomic E-state index is 0.0461. The van der Waals surface area contributed by atoms with Crippen molar-refractivity contribution in [1.82, 2.24) is 4.98 Å². The number of carboxylic acid groups (broad SMARTS) is 1. The Morgan fingerprint density at radius 2 is 2.14 bits per heavy atom. The number of methoxy groups -OCH3 is 1. The number of nitrogens with two attached hydrogens (primary N) is 1. The van der Waals surface area contributed by atoms with Gasteiger partial charge >= 0.3 is 5.97 Å². The molecule has 0 spiro atoms. The van der Waals surface area contributed by atoms with Crippen molar-refractivity contribution < 1.29 is 14.6 Å². The lowest BCUT2D eigenvalue weighted by Crippen LogP contribution is -2.12. The monoisotopic (exact) mass is 287 g/mol. The van der Waals surface area contributed by atoms with Crippen LogP contribution in [0.5, 0.6) is 5.75 Å². The molecule has 0 aliphatic heterocycles. The van der Waals surface area contributed by atoms with Gasteiger partial charge in [-0.05, 0) is 24.1 Å². The summed E-state index contributed by atoms with van der Waals surface area (Å²) in [6.45, 7) is 0.570. The molecule has 0 atom stereocenters. The first-order chi connectivity index (χ1) is 10.1. The van der Waals surface area contributed by atoms with E-state index in [1.807, 2.05) is 24.3 Å². The Kier molecular flexibility index (Phi) is 4.61. The van der Waals surface area contributed by atoms with Gasteiger partial charge in [-0.3, -0.25) is 0 Å². The van der Waals surface area contributed by atoms with Crippen molar-refractivity contribution in [3.63, 3.8) is 0 Å². The predicted molar refractivity (Wildman–Crippen MR) is 80.8 cm³/mol. The van der Waals surface area contributed by atoms with E-state index >= 15 is 0 Å². The van der Waals surface area contributed by atoms with Crippen molar-refractivity contribution in [3.8, 4) is 5.75 Å². The Hall–Kier alpha value is -2.76. The number of pyridine rings is 1. The van der Waals surface area contributed by atoms with Crippen LogP contribution in [-0.2, 0) is 6.42 Å². The van der Waals surface area contributed by atoms with E-state index in [0.717, 1.165) is 11.3 Å². The van der Waals surface area contributed by atoms with Gasteiger partial charge in [-0.2, -0.15) is 0 Å². The van der Waals surface area contributed by atoms with E-state index in [4.69, 9.17) is 15.6 Å². The van der Waals surface area contributed by atoms with E-state index in [2.05, 4.69) is 10.3 Å². The average Bonchev–Trinajstić information content (AvgIpc) is 2.49. The van der Waals surface area contributed by atoms with Crippen LogP contribution in [0.15, 0.2) is 36.5 Å². The van der Waals surface area contributed by atoms with Crippen LogP contribution < -0.4 is 15.8 Å². The zero-order chi connectivity index (χ0) is 15.2. The lowest BCUT2D eigenvalue weighted by Gasteiger charge is -2.11. The molecule has 0 saturated heterocycles. The van der Waals surface area contributed by atoms with Crippen LogP contribution in [0.4, 0.5) is 11.5 Å². The van der Waals surface area contributed by atoms with E-state index in [0.29, 0.717) is 18.8 Å². The number of benzene rings is 1. The maximum Gasteiger partial charge on any atom is 0.337 e. The maximum absolute atomic E-state index is 11.0. The van der Waals surface area contributed by atoms with Crippen LogP contribution in [0.1, 0.15) is 15.9 Å². The van der Waals surface area contributed by atoms with E-state index in [1.165, 1.54) is 12.3 Å². The maximum atomic E-state index is 11.0. The molecular weight excluding hydrogens is 270 g/mol. The number of aromatic nitrogens is 1. The lowest BCUT2D eigenvalue weighted by molar-refractivity contribution is 0.0698. The van der Waals surface area contributed by atoms with E-state index in [9.17, 15) is 4.79 Å². The lowest BCUT2D eigenvalue weighted by atomic mass is 10.1. The summed E-state index contributed by atoms with van der Waals surface area (Å²) in [5, 5.41) is 12.1. The summed E-state index contributed by atoms with van der Waals surface area (Å²) in [7, 11) is 1.63. The second-order valence-electron chi connectivity index (χ2n) is 4.41. The van der Waals surface area contributed by atoms with Crippen molar-refractivity contribution in [2.75, 3.05) is 24.7 Å². The molecule has 0 radical (unpaired) electrons. The van der Waals surface area contributed by atoms with Crippen molar-refractivity contribution >= 4 is 17.5 Å². The first-order valence-corrected chi connectivity index (χ1v) is 6.47. The Balaban J connectivity index is 2.04. The Morgan fingerprint density at radius 1 is 1.38 bits per heavy atom. The minimum atomic E-state index is -1.07. The van der Waals surface area contributed by atoms with Gasteiger partial charge in [0.05, 0.1) is 18.4 Å². The van der Waals surface area contributed by atoms with E-state index < -0.39 is 5.97 Å². The number of anilines is 2. The van der Waals surface area contributed by atoms with Gasteiger partial charge in [0.15, 0.2) is 0 Å². The van der Waals surface area contributed by atoms with Gasteiger partial charge in [-0.1, -0.05) is 18.2 Å². The Morgan fingerprint density at radius 3 is 2.86 bits per heavy atom.